The Morgan fingerprint density at radius 3 is 2.05 bits per heavy atom. The molecule has 0 spiro atoms. The van der Waals surface area contributed by atoms with Crippen LogP contribution in [0.1, 0.15) is 42.6 Å². The summed E-state index contributed by atoms with van der Waals surface area (Å²) in [5, 5.41) is 4.39. The number of hydrogen-bond acceptors (Lipinski definition) is 1. The van der Waals surface area contributed by atoms with Crippen LogP contribution >= 0.6 is 11.6 Å². The average molecular weight is 274 g/mol. The van der Waals surface area contributed by atoms with E-state index in [0.29, 0.717) is 6.04 Å². The molecule has 0 saturated heterocycles. The van der Waals surface area contributed by atoms with Crippen LogP contribution in [0.2, 0.25) is 5.02 Å². The molecule has 1 nitrogen and oxygen atoms in total. The molecule has 0 radical (unpaired) electrons. The molecule has 0 aliphatic heterocycles. The standard InChI is InChI=1S/C17H20ClN/c1-12-6-4-7-15(10-12)13(2)19-14(3)16-8-5-9-17(18)11-16/h4-11,13-14,19H,1-3H3/t13-,14?/m1/s1. The molecule has 2 atom stereocenters. The van der Waals surface area contributed by atoms with Crippen molar-refractivity contribution in [2.24, 2.45) is 0 Å². The molecule has 0 heterocycles. The second-order valence-electron chi connectivity index (χ2n) is 5.08. The molecule has 0 fully saturated rings. The third kappa shape index (κ3) is 3.82. The number of rotatable bonds is 4. The molecule has 0 bridgehead atoms. The summed E-state index contributed by atoms with van der Waals surface area (Å²) in [6.07, 6.45) is 0. The van der Waals surface area contributed by atoms with Crippen LogP contribution in [0.5, 0.6) is 0 Å². The molecule has 19 heavy (non-hydrogen) atoms. The van der Waals surface area contributed by atoms with Crippen LogP contribution in [0.4, 0.5) is 0 Å². The SMILES string of the molecule is Cc1cccc([C@@H](C)NC(C)c2cccc(Cl)c2)c1. The van der Waals surface area contributed by atoms with Gasteiger partial charge in [0, 0.05) is 17.1 Å². The zero-order valence-electron chi connectivity index (χ0n) is 11.7. The van der Waals surface area contributed by atoms with Gasteiger partial charge in [-0.3, -0.25) is 0 Å². The quantitative estimate of drug-likeness (QED) is 0.821. The van der Waals surface area contributed by atoms with Crippen LogP contribution in [-0.2, 0) is 0 Å². The van der Waals surface area contributed by atoms with Crippen molar-refractivity contribution in [3.8, 4) is 0 Å². The van der Waals surface area contributed by atoms with Crippen LogP contribution in [0, 0.1) is 6.92 Å². The molecule has 0 aliphatic rings. The largest absolute Gasteiger partial charge is 0.304 e. The predicted molar refractivity (Wildman–Crippen MR) is 82.6 cm³/mol. The van der Waals surface area contributed by atoms with E-state index in [9.17, 15) is 0 Å². The number of halogens is 1. The highest BCUT2D eigenvalue weighted by atomic mass is 35.5. The lowest BCUT2D eigenvalue weighted by molar-refractivity contribution is 0.494. The summed E-state index contributed by atoms with van der Waals surface area (Å²) < 4.78 is 0. The van der Waals surface area contributed by atoms with Crippen molar-refractivity contribution in [2.45, 2.75) is 32.9 Å². The van der Waals surface area contributed by atoms with Crippen molar-refractivity contribution in [1.82, 2.24) is 5.32 Å². The molecule has 0 saturated carbocycles. The van der Waals surface area contributed by atoms with Gasteiger partial charge in [0.15, 0.2) is 0 Å². The van der Waals surface area contributed by atoms with Gasteiger partial charge in [0.25, 0.3) is 0 Å². The molecule has 2 heteroatoms. The Labute approximate surface area is 120 Å². The fourth-order valence-corrected chi connectivity index (χ4v) is 2.48. The lowest BCUT2D eigenvalue weighted by atomic mass is 10.0. The van der Waals surface area contributed by atoms with Crippen molar-refractivity contribution in [1.29, 1.82) is 0 Å². The van der Waals surface area contributed by atoms with Gasteiger partial charge in [-0.15, -0.1) is 0 Å². The third-order valence-electron chi connectivity index (χ3n) is 3.39. The van der Waals surface area contributed by atoms with Crippen LogP contribution in [0.15, 0.2) is 48.5 Å². The first-order chi connectivity index (χ1) is 9.06. The number of nitrogens with one attached hydrogen (secondary N) is 1. The van der Waals surface area contributed by atoms with Gasteiger partial charge in [-0.2, -0.15) is 0 Å². The van der Waals surface area contributed by atoms with Crippen LogP contribution < -0.4 is 5.32 Å². The highest BCUT2D eigenvalue weighted by Crippen LogP contribution is 2.22. The minimum Gasteiger partial charge on any atom is -0.304 e. The topological polar surface area (TPSA) is 12.0 Å². The number of hydrogen-bond donors (Lipinski definition) is 1. The third-order valence-corrected chi connectivity index (χ3v) is 3.63. The van der Waals surface area contributed by atoms with E-state index >= 15 is 0 Å². The van der Waals surface area contributed by atoms with Crippen LogP contribution in [0.3, 0.4) is 0 Å². The Hall–Kier alpha value is -1.31. The summed E-state index contributed by atoms with van der Waals surface area (Å²) >= 11 is 6.04. The van der Waals surface area contributed by atoms with Crippen molar-refractivity contribution in [2.75, 3.05) is 0 Å². The molecule has 2 aromatic rings. The highest BCUT2D eigenvalue weighted by molar-refractivity contribution is 6.30. The summed E-state index contributed by atoms with van der Waals surface area (Å²) in [6.45, 7) is 6.48. The van der Waals surface area contributed by atoms with Crippen LogP contribution in [0.25, 0.3) is 0 Å². The Morgan fingerprint density at radius 2 is 1.47 bits per heavy atom. The van der Waals surface area contributed by atoms with Gasteiger partial charge in [-0.1, -0.05) is 53.6 Å². The van der Waals surface area contributed by atoms with E-state index < -0.39 is 0 Å². The maximum absolute atomic E-state index is 6.04. The lowest BCUT2D eigenvalue weighted by Gasteiger charge is -2.21. The molecule has 0 aliphatic carbocycles. The van der Waals surface area contributed by atoms with E-state index in [4.69, 9.17) is 11.6 Å². The Morgan fingerprint density at radius 1 is 0.895 bits per heavy atom. The molecule has 2 rings (SSSR count). The molecule has 0 amide bonds. The van der Waals surface area contributed by atoms with Gasteiger partial charge < -0.3 is 5.32 Å². The Bertz CT molecular complexity index is 501. The normalized spacial score (nSPS) is 14.1. The molecule has 2 aromatic carbocycles. The van der Waals surface area contributed by atoms with Gasteiger partial charge in [-0.05, 0) is 44.0 Å². The summed E-state index contributed by atoms with van der Waals surface area (Å²) in [5.41, 5.74) is 3.82. The summed E-state index contributed by atoms with van der Waals surface area (Å²) in [4.78, 5) is 0. The monoisotopic (exact) mass is 273 g/mol. The first kappa shape index (κ1) is 14.1. The molecule has 1 unspecified atom stereocenters. The Balaban J connectivity index is 2.08. The number of aryl methyl sites for hydroxylation is 1. The zero-order chi connectivity index (χ0) is 13.8. The zero-order valence-corrected chi connectivity index (χ0v) is 12.4. The van der Waals surface area contributed by atoms with Crippen LogP contribution in [-0.4, -0.2) is 0 Å². The second kappa shape index (κ2) is 6.23. The molecular weight excluding hydrogens is 254 g/mol. The van der Waals surface area contributed by atoms with Crippen molar-refractivity contribution >= 4 is 11.6 Å². The van der Waals surface area contributed by atoms with Gasteiger partial charge in [0.1, 0.15) is 0 Å². The minimum atomic E-state index is 0.272. The van der Waals surface area contributed by atoms with E-state index in [1.807, 2.05) is 18.2 Å². The van der Waals surface area contributed by atoms with Gasteiger partial charge in [0.2, 0.25) is 0 Å². The minimum absolute atomic E-state index is 0.272. The highest BCUT2D eigenvalue weighted by Gasteiger charge is 2.11. The van der Waals surface area contributed by atoms with E-state index in [0.717, 1.165) is 5.02 Å². The summed E-state index contributed by atoms with van der Waals surface area (Å²) in [6, 6.07) is 17.2. The molecule has 100 valence electrons. The maximum Gasteiger partial charge on any atom is 0.0409 e. The first-order valence-electron chi connectivity index (χ1n) is 6.64. The number of benzene rings is 2. The second-order valence-corrected chi connectivity index (χ2v) is 5.52. The van der Waals surface area contributed by atoms with E-state index in [-0.39, 0.29) is 6.04 Å². The van der Waals surface area contributed by atoms with Gasteiger partial charge in [-0.25, -0.2) is 0 Å². The maximum atomic E-state index is 6.04. The fraction of sp³-hybridized carbons (Fsp3) is 0.294. The average Bonchev–Trinajstić information content (AvgIpc) is 2.38. The summed E-state index contributed by atoms with van der Waals surface area (Å²) in [5.74, 6) is 0. The van der Waals surface area contributed by atoms with Gasteiger partial charge in [0.05, 0.1) is 0 Å². The van der Waals surface area contributed by atoms with Gasteiger partial charge >= 0.3 is 0 Å². The first-order valence-corrected chi connectivity index (χ1v) is 7.02. The van der Waals surface area contributed by atoms with E-state index in [2.05, 4.69) is 56.4 Å². The molecule has 1 N–H and O–H groups in total. The van der Waals surface area contributed by atoms with Crippen molar-refractivity contribution < 1.29 is 0 Å². The summed E-state index contributed by atoms with van der Waals surface area (Å²) in [7, 11) is 0. The smallest absolute Gasteiger partial charge is 0.0409 e. The van der Waals surface area contributed by atoms with E-state index in [1.54, 1.807) is 0 Å². The molecular formula is C17H20ClN. The Kier molecular flexibility index (Phi) is 4.62. The van der Waals surface area contributed by atoms with Crippen molar-refractivity contribution in [3.05, 3.63) is 70.2 Å². The predicted octanol–water partition coefficient (Wildman–Crippen LogP) is 5.06. The van der Waals surface area contributed by atoms with E-state index in [1.165, 1.54) is 16.7 Å². The molecule has 0 aromatic heterocycles. The fourth-order valence-electron chi connectivity index (χ4n) is 2.28. The van der Waals surface area contributed by atoms with Crippen molar-refractivity contribution in [3.63, 3.8) is 0 Å². The lowest BCUT2D eigenvalue weighted by Crippen LogP contribution is -2.22.